The molecule has 1 heterocycles. The van der Waals surface area contributed by atoms with Gasteiger partial charge in [-0.1, -0.05) is 28.8 Å². The van der Waals surface area contributed by atoms with Gasteiger partial charge in [0.1, 0.15) is 0 Å². The van der Waals surface area contributed by atoms with Gasteiger partial charge >= 0.3 is 0 Å². The van der Waals surface area contributed by atoms with Crippen LogP contribution in [0, 0.1) is 0 Å². The molecule has 0 radical (unpaired) electrons. The van der Waals surface area contributed by atoms with E-state index in [0.717, 1.165) is 11.6 Å². The summed E-state index contributed by atoms with van der Waals surface area (Å²) in [6, 6.07) is 4.38. The molecular weight excluding hydrogens is 280 g/mol. The highest BCUT2D eigenvalue weighted by Crippen LogP contribution is 2.33. The first-order valence-electron chi connectivity index (χ1n) is 6.10. The van der Waals surface area contributed by atoms with Crippen LogP contribution in [0.5, 0.6) is 5.75 Å². The van der Waals surface area contributed by atoms with E-state index in [-0.39, 0.29) is 0 Å². The molecule has 0 bridgehead atoms. The molecule has 1 aromatic rings. The van der Waals surface area contributed by atoms with Crippen molar-refractivity contribution < 1.29 is 4.74 Å². The minimum absolute atomic E-state index is 0.507. The van der Waals surface area contributed by atoms with Crippen molar-refractivity contribution in [3.8, 4) is 5.75 Å². The molecule has 2 rings (SSSR count). The predicted octanol–water partition coefficient (Wildman–Crippen LogP) is 3.23. The van der Waals surface area contributed by atoms with Crippen LogP contribution in [0.25, 0.3) is 0 Å². The number of halogens is 1. The van der Waals surface area contributed by atoms with Crippen molar-refractivity contribution >= 4 is 21.7 Å². The van der Waals surface area contributed by atoms with Gasteiger partial charge in [0.05, 0.1) is 7.11 Å². The number of anilines is 1. The van der Waals surface area contributed by atoms with E-state index in [1.165, 1.54) is 25.7 Å². The van der Waals surface area contributed by atoms with Crippen LogP contribution >= 0.6 is 15.9 Å². The predicted molar refractivity (Wildman–Crippen MR) is 74.2 cm³/mol. The Kier molecular flexibility index (Phi) is 4.26. The highest BCUT2D eigenvalue weighted by molar-refractivity contribution is 9.09. The minimum atomic E-state index is 0.507. The lowest BCUT2D eigenvalue weighted by Gasteiger charge is -2.36. The maximum atomic E-state index is 5.37. The first-order chi connectivity index (χ1) is 8.24. The molecule has 1 fully saturated rings. The third kappa shape index (κ3) is 2.73. The van der Waals surface area contributed by atoms with Gasteiger partial charge in [0, 0.05) is 24.1 Å². The van der Waals surface area contributed by atoms with Crippen molar-refractivity contribution in [2.24, 2.45) is 0 Å². The van der Waals surface area contributed by atoms with Gasteiger partial charge in [-0.3, -0.25) is 0 Å². The Hall–Kier alpha value is -0.770. The van der Waals surface area contributed by atoms with Gasteiger partial charge in [0.2, 0.25) is 0 Å². The Labute approximate surface area is 111 Å². The van der Waals surface area contributed by atoms with Gasteiger partial charge in [0.15, 0.2) is 11.6 Å². The molecule has 2 atom stereocenters. The molecule has 0 N–H and O–H groups in total. The zero-order valence-corrected chi connectivity index (χ0v) is 12.0. The number of hydrogen-bond donors (Lipinski definition) is 0. The zero-order valence-electron chi connectivity index (χ0n) is 10.4. The third-order valence-corrected chi connectivity index (χ3v) is 4.52. The first-order valence-corrected chi connectivity index (χ1v) is 7.01. The van der Waals surface area contributed by atoms with E-state index in [2.05, 4.69) is 32.9 Å². The summed E-state index contributed by atoms with van der Waals surface area (Å²) in [4.78, 5) is 7.24. The number of rotatable bonds is 3. The molecule has 3 nitrogen and oxygen atoms in total. The summed E-state index contributed by atoms with van der Waals surface area (Å²) in [5.41, 5.74) is 0. The molecular formula is C13H19BrN2O. The second kappa shape index (κ2) is 5.71. The Bertz CT molecular complexity index is 372. The SMILES string of the molecule is COc1cccnc1N(C)C1CCCCC1Br. The topological polar surface area (TPSA) is 25.4 Å². The summed E-state index contributed by atoms with van der Waals surface area (Å²) < 4.78 is 5.37. The lowest BCUT2D eigenvalue weighted by atomic mass is 9.94. The maximum absolute atomic E-state index is 5.37. The summed E-state index contributed by atoms with van der Waals surface area (Å²) in [6.45, 7) is 0. The fraction of sp³-hybridized carbons (Fsp3) is 0.615. The minimum Gasteiger partial charge on any atom is -0.493 e. The highest BCUT2D eigenvalue weighted by atomic mass is 79.9. The van der Waals surface area contributed by atoms with E-state index >= 15 is 0 Å². The van der Waals surface area contributed by atoms with E-state index < -0.39 is 0 Å². The fourth-order valence-corrected chi connectivity index (χ4v) is 3.41. The van der Waals surface area contributed by atoms with E-state index in [1.54, 1.807) is 7.11 Å². The number of ether oxygens (including phenoxy) is 1. The molecule has 1 aromatic heterocycles. The van der Waals surface area contributed by atoms with Crippen LogP contribution < -0.4 is 9.64 Å². The van der Waals surface area contributed by atoms with Crippen LogP contribution in [0.3, 0.4) is 0 Å². The Morgan fingerprint density at radius 2 is 2.18 bits per heavy atom. The van der Waals surface area contributed by atoms with Gasteiger partial charge in [-0.25, -0.2) is 4.98 Å². The number of pyridine rings is 1. The van der Waals surface area contributed by atoms with E-state index in [4.69, 9.17) is 4.74 Å². The second-order valence-electron chi connectivity index (χ2n) is 4.51. The average Bonchev–Trinajstić information content (AvgIpc) is 2.38. The molecule has 1 aliphatic carbocycles. The summed E-state index contributed by atoms with van der Waals surface area (Å²) in [7, 11) is 3.80. The van der Waals surface area contributed by atoms with Crippen molar-refractivity contribution in [3.63, 3.8) is 0 Å². The Morgan fingerprint density at radius 3 is 2.88 bits per heavy atom. The first kappa shape index (κ1) is 12.7. The molecule has 4 heteroatoms. The number of methoxy groups -OCH3 is 1. The Morgan fingerprint density at radius 1 is 1.41 bits per heavy atom. The molecule has 0 spiro atoms. The van der Waals surface area contributed by atoms with Crippen LogP contribution in [-0.2, 0) is 0 Å². The van der Waals surface area contributed by atoms with Crippen molar-refractivity contribution in [3.05, 3.63) is 18.3 Å². The lowest BCUT2D eigenvalue weighted by molar-refractivity contribution is 0.403. The van der Waals surface area contributed by atoms with E-state index in [9.17, 15) is 0 Å². The summed E-state index contributed by atoms with van der Waals surface area (Å²) in [6.07, 6.45) is 6.89. The highest BCUT2D eigenvalue weighted by Gasteiger charge is 2.28. The lowest BCUT2D eigenvalue weighted by Crippen LogP contribution is -2.41. The zero-order chi connectivity index (χ0) is 12.3. The molecule has 0 aliphatic heterocycles. The van der Waals surface area contributed by atoms with Crippen molar-refractivity contribution in [2.75, 3.05) is 19.1 Å². The molecule has 94 valence electrons. The van der Waals surface area contributed by atoms with Crippen molar-refractivity contribution in [2.45, 2.75) is 36.6 Å². The molecule has 0 saturated heterocycles. The largest absolute Gasteiger partial charge is 0.493 e. The van der Waals surface area contributed by atoms with Crippen molar-refractivity contribution in [1.82, 2.24) is 4.98 Å². The van der Waals surface area contributed by atoms with Gasteiger partial charge < -0.3 is 9.64 Å². The van der Waals surface area contributed by atoms with Crippen LogP contribution in [0.1, 0.15) is 25.7 Å². The summed E-state index contributed by atoms with van der Waals surface area (Å²) >= 11 is 3.79. The average molecular weight is 299 g/mol. The Balaban J connectivity index is 2.20. The number of nitrogens with zero attached hydrogens (tertiary/aromatic N) is 2. The molecule has 17 heavy (non-hydrogen) atoms. The molecule has 2 unspecified atom stereocenters. The van der Waals surface area contributed by atoms with Gasteiger partial charge in [-0.05, 0) is 25.0 Å². The second-order valence-corrected chi connectivity index (χ2v) is 5.68. The van der Waals surface area contributed by atoms with Gasteiger partial charge in [-0.2, -0.15) is 0 Å². The normalized spacial score (nSPS) is 24.4. The van der Waals surface area contributed by atoms with Crippen LogP contribution in [-0.4, -0.2) is 30.0 Å². The number of alkyl halides is 1. The number of aromatic nitrogens is 1. The molecule has 0 aromatic carbocycles. The quantitative estimate of drug-likeness (QED) is 0.801. The molecule has 1 saturated carbocycles. The molecule has 0 amide bonds. The van der Waals surface area contributed by atoms with Gasteiger partial charge in [-0.15, -0.1) is 0 Å². The van der Waals surface area contributed by atoms with Gasteiger partial charge in [0.25, 0.3) is 0 Å². The van der Waals surface area contributed by atoms with Crippen LogP contribution in [0.2, 0.25) is 0 Å². The van der Waals surface area contributed by atoms with E-state index in [1.807, 2.05) is 18.3 Å². The van der Waals surface area contributed by atoms with Crippen LogP contribution in [0.4, 0.5) is 5.82 Å². The maximum Gasteiger partial charge on any atom is 0.171 e. The number of hydrogen-bond acceptors (Lipinski definition) is 3. The monoisotopic (exact) mass is 298 g/mol. The molecule has 1 aliphatic rings. The third-order valence-electron chi connectivity index (χ3n) is 3.45. The fourth-order valence-electron chi connectivity index (χ4n) is 2.47. The van der Waals surface area contributed by atoms with Crippen LogP contribution in [0.15, 0.2) is 18.3 Å². The smallest absolute Gasteiger partial charge is 0.171 e. The summed E-state index contributed by atoms with van der Waals surface area (Å²) in [5.74, 6) is 1.78. The summed E-state index contributed by atoms with van der Waals surface area (Å²) in [5, 5.41) is 0. The van der Waals surface area contributed by atoms with E-state index in [0.29, 0.717) is 10.9 Å². The van der Waals surface area contributed by atoms with Crippen molar-refractivity contribution in [1.29, 1.82) is 0 Å². The standard InChI is InChI=1S/C13H19BrN2O/c1-16(11-7-4-3-6-10(11)14)13-12(17-2)8-5-9-15-13/h5,8-11H,3-4,6-7H2,1-2H3.